The molecule has 0 aliphatic carbocycles. The molecule has 1 aromatic rings. The average Bonchev–Trinajstić information content (AvgIpc) is 2.58. The van der Waals surface area contributed by atoms with Gasteiger partial charge < -0.3 is 15.8 Å². The Labute approximate surface area is 94.6 Å². The molecule has 4 heteroatoms. The molecule has 1 fully saturated rings. The summed E-state index contributed by atoms with van der Waals surface area (Å²) in [4.78, 5) is 0. The Morgan fingerprint density at radius 2 is 2.33 bits per heavy atom. The van der Waals surface area contributed by atoms with Crippen LogP contribution in [0, 0.1) is 0 Å². The monoisotopic (exact) mass is 226 g/mol. The summed E-state index contributed by atoms with van der Waals surface area (Å²) in [6.45, 7) is 2.87. The maximum Gasteiger partial charge on any atom is 0.0748 e. The highest BCUT2D eigenvalue weighted by Gasteiger charge is 2.24. The highest BCUT2D eigenvalue weighted by atomic mass is 35.5. The molecule has 2 unspecified atom stereocenters. The lowest BCUT2D eigenvalue weighted by Crippen LogP contribution is -2.27. The number of nitrogens with two attached hydrogens (primary N) is 1. The van der Waals surface area contributed by atoms with Gasteiger partial charge in [-0.3, -0.25) is 0 Å². The van der Waals surface area contributed by atoms with Gasteiger partial charge in [0, 0.05) is 11.6 Å². The molecule has 82 valence electrons. The van der Waals surface area contributed by atoms with Crippen molar-refractivity contribution in [2.45, 2.75) is 25.5 Å². The summed E-state index contributed by atoms with van der Waals surface area (Å²) < 4.78 is 5.47. The van der Waals surface area contributed by atoms with Gasteiger partial charge in [0.1, 0.15) is 0 Å². The molecule has 0 saturated carbocycles. The topological polar surface area (TPSA) is 47.3 Å². The first-order valence-corrected chi connectivity index (χ1v) is 5.48. The first kappa shape index (κ1) is 10.6. The van der Waals surface area contributed by atoms with Crippen LogP contribution in [0.15, 0.2) is 18.2 Å². The zero-order valence-electron chi connectivity index (χ0n) is 8.66. The number of hydrogen-bond donors (Lipinski definition) is 2. The molecule has 15 heavy (non-hydrogen) atoms. The van der Waals surface area contributed by atoms with Crippen molar-refractivity contribution in [2.75, 3.05) is 17.7 Å². The predicted molar refractivity (Wildman–Crippen MR) is 63.3 cm³/mol. The van der Waals surface area contributed by atoms with Crippen molar-refractivity contribution in [3.63, 3.8) is 0 Å². The lowest BCUT2D eigenvalue weighted by molar-refractivity contribution is 0.121. The average molecular weight is 227 g/mol. The fourth-order valence-electron chi connectivity index (χ4n) is 1.77. The van der Waals surface area contributed by atoms with Crippen LogP contribution in [0.3, 0.4) is 0 Å². The van der Waals surface area contributed by atoms with Crippen molar-refractivity contribution >= 4 is 23.0 Å². The lowest BCUT2D eigenvalue weighted by atomic mass is 10.1. The Hall–Kier alpha value is -0.930. The molecule has 0 bridgehead atoms. The summed E-state index contributed by atoms with van der Waals surface area (Å²) in [5.41, 5.74) is 7.47. The van der Waals surface area contributed by atoms with E-state index < -0.39 is 0 Å². The van der Waals surface area contributed by atoms with E-state index in [0.29, 0.717) is 11.1 Å². The van der Waals surface area contributed by atoms with Gasteiger partial charge in [-0.15, -0.1) is 0 Å². The summed E-state index contributed by atoms with van der Waals surface area (Å²) in [6.07, 6.45) is 1.23. The van der Waals surface area contributed by atoms with Crippen LogP contribution in [0.4, 0.5) is 11.4 Å². The summed E-state index contributed by atoms with van der Waals surface area (Å²) in [5.74, 6) is 0. The Morgan fingerprint density at radius 1 is 1.53 bits per heavy atom. The van der Waals surface area contributed by atoms with E-state index in [1.807, 2.05) is 12.1 Å². The van der Waals surface area contributed by atoms with Gasteiger partial charge >= 0.3 is 0 Å². The van der Waals surface area contributed by atoms with E-state index in [9.17, 15) is 0 Å². The Balaban J connectivity index is 2.12. The minimum absolute atomic E-state index is 0.225. The maximum absolute atomic E-state index is 5.91. The van der Waals surface area contributed by atoms with Gasteiger partial charge in [-0.2, -0.15) is 0 Å². The molecule has 1 aliphatic rings. The highest BCUT2D eigenvalue weighted by Crippen LogP contribution is 2.26. The molecule has 0 spiro atoms. The van der Waals surface area contributed by atoms with Crippen molar-refractivity contribution in [3.05, 3.63) is 23.2 Å². The number of hydrogen-bond acceptors (Lipinski definition) is 3. The minimum atomic E-state index is 0.225. The summed E-state index contributed by atoms with van der Waals surface area (Å²) in [6, 6.07) is 5.77. The van der Waals surface area contributed by atoms with E-state index in [4.69, 9.17) is 22.1 Å². The van der Waals surface area contributed by atoms with E-state index in [-0.39, 0.29) is 6.10 Å². The third-order valence-corrected chi connectivity index (χ3v) is 2.97. The quantitative estimate of drug-likeness (QED) is 0.762. The van der Waals surface area contributed by atoms with E-state index in [1.54, 1.807) is 6.07 Å². The molecular formula is C11H15ClN2O. The van der Waals surface area contributed by atoms with Crippen LogP contribution < -0.4 is 11.1 Å². The molecule has 3 N–H and O–H groups in total. The maximum atomic E-state index is 5.91. The van der Waals surface area contributed by atoms with Crippen molar-refractivity contribution < 1.29 is 4.74 Å². The van der Waals surface area contributed by atoms with Gasteiger partial charge in [0.15, 0.2) is 0 Å². The van der Waals surface area contributed by atoms with Gasteiger partial charge in [-0.1, -0.05) is 11.6 Å². The highest BCUT2D eigenvalue weighted by molar-refractivity contribution is 6.31. The van der Waals surface area contributed by atoms with E-state index in [0.717, 1.165) is 24.4 Å². The van der Waals surface area contributed by atoms with Crippen LogP contribution in [-0.4, -0.2) is 18.8 Å². The van der Waals surface area contributed by atoms with Gasteiger partial charge in [-0.25, -0.2) is 0 Å². The molecule has 1 aromatic carbocycles. The van der Waals surface area contributed by atoms with Crippen LogP contribution in [-0.2, 0) is 4.74 Å². The van der Waals surface area contributed by atoms with Gasteiger partial charge in [0.05, 0.1) is 23.5 Å². The molecule has 0 aromatic heterocycles. The van der Waals surface area contributed by atoms with Crippen molar-refractivity contribution in [1.82, 2.24) is 0 Å². The molecule has 2 atom stereocenters. The van der Waals surface area contributed by atoms with Crippen molar-refractivity contribution in [1.29, 1.82) is 0 Å². The second kappa shape index (κ2) is 4.29. The summed E-state index contributed by atoms with van der Waals surface area (Å²) in [5, 5.41) is 4.06. The number of nitrogen functional groups attached to an aromatic ring is 1. The number of anilines is 2. The zero-order chi connectivity index (χ0) is 10.8. The Kier molecular flexibility index (Phi) is 3.03. The molecular weight excluding hydrogens is 212 g/mol. The second-order valence-corrected chi connectivity index (χ2v) is 4.28. The fourth-order valence-corrected chi connectivity index (χ4v) is 1.95. The fraction of sp³-hybridized carbons (Fsp3) is 0.455. The Bertz CT molecular complexity index is 356. The zero-order valence-corrected chi connectivity index (χ0v) is 9.42. The Morgan fingerprint density at radius 3 is 3.00 bits per heavy atom. The van der Waals surface area contributed by atoms with Crippen molar-refractivity contribution in [3.8, 4) is 0 Å². The van der Waals surface area contributed by atoms with Crippen LogP contribution in [0.25, 0.3) is 0 Å². The SMILES string of the molecule is CC1OCCC1Nc1cc(Cl)ccc1N. The van der Waals surface area contributed by atoms with Gasteiger partial charge in [0.25, 0.3) is 0 Å². The lowest BCUT2D eigenvalue weighted by Gasteiger charge is -2.18. The van der Waals surface area contributed by atoms with Crippen LogP contribution in [0.5, 0.6) is 0 Å². The van der Waals surface area contributed by atoms with Gasteiger partial charge in [0.2, 0.25) is 0 Å². The number of benzene rings is 1. The molecule has 3 nitrogen and oxygen atoms in total. The molecule has 2 rings (SSSR count). The predicted octanol–water partition coefficient (Wildman–Crippen LogP) is 2.51. The first-order chi connectivity index (χ1) is 7.16. The summed E-state index contributed by atoms with van der Waals surface area (Å²) >= 11 is 5.91. The van der Waals surface area contributed by atoms with Crippen LogP contribution in [0.2, 0.25) is 5.02 Å². The molecule has 1 saturated heterocycles. The third-order valence-electron chi connectivity index (χ3n) is 2.73. The largest absolute Gasteiger partial charge is 0.397 e. The number of ether oxygens (including phenoxy) is 1. The minimum Gasteiger partial charge on any atom is -0.397 e. The van der Waals surface area contributed by atoms with E-state index in [2.05, 4.69) is 12.2 Å². The first-order valence-electron chi connectivity index (χ1n) is 5.10. The summed E-state index contributed by atoms with van der Waals surface area (Å²) in [7, 11) is 0. The number of nitrogens with one attached hydrogen (secondary N) is 1. The van der Waals surface area contributed by atoms with E-state index in [1.165, 1.54) is 0 Å². The second-order valence-electron chi connectivity index (χ2n) is 3.85. The normalized spacial score (nSPS) is 25.5. The molecule has 0 amide bonds. The van der Waals surface area contributed by atoms with E-state index >= 15 is 0 Å². The van der Waals surface area contributed by atoms with Crippen LogP contribution >= 0.6 is 11.6 Å². The molecule has 1 heterocycles. The third kappa shape index (κ3) is 2.36. The van der Waals surface area contributed by atoms with Gasteiger partial charge in [-0.05, 0) is 31.5 Å². The smallest absolute Gasteiger partial charge is 0.0748 e. The van der Waals surface area contributed by atoms with Crippen molar-refractivity contribution in [2.24, 2.45) is 0 Å². The number of halogens is 1. The molecule has 0 radical (unpaired) electrons. The standard InChI is InChI=1S/C11H15ClN2O/c1-7-10(4-5-15-7)14-11-6-8(12)2-3-9(11)13/h2-3,6-7,10,14H,4-5,13H2,1H3. The van der Waals surface area contributed by atoms with Crippen LogP contribution in [0.1, 0.15) is 13.3 Å². The molecule has 1 aliphatic heterocycles. The number of rotatable bonds is 2.